The molecule has 1 aliphatic carbocycles. The van der Waals surface area contributed by atoms with Crippen molar-refractivity contribution in [3.8, 4) is 0 Å². The summed E-state index contributed by atoms with van der Waals surface area (Å²) < 4.78 is 0. The number of rotatable bonds is 4. The van der Waals surface area contributed by atoms with Crippen molar-refractivity contribution in [3.63, 3.8) is 0 Å². The lowest BCUT2D eigenvalue weighted by Crippen LogP contribution is -1.95. The van der Waals surface area contributed by atoms with Crippen molar-refractivity contribution in [2.75, 3.05) is 6.54 Å². The molecule has 1 aromatic heterocycles. The Labute approximate surface area is 121 Å². The number of allylic oxidation sites excluding steroid dienone is 7. The number of hydrogen-bond acceptors (Lipinski definition) is 2. The van der Waals surface area contributed by atoms with Crippen LogP contribution in [0.25, 0.3) is 5.57 Å². The zero-order valence-corrected chi connectivity index (χ0v) is 12.0. The largest absolute Gasteiger partial charge is 0.327 e. The highest BCUT2D eigenvalue weighted by atomic mass is 14.6. The van der Waals surface area contributed by atoms with Crippen LogP contribution < -0.4 is 5.73 Å². The lowest BCUT2D eigenvalue weighted by molar-refractivity contribution is 0.834. The predicted molar refractivity (Wildman–Crippen MR) is 86.1 cm³/mol. The number of nitrogens with two attached hydrogens (primary N) is 1. The van der Waals surface area contributed by atoms with Crippen LogP contribution in [0.2, 0.25) is 0 Å². The van der Waals surface area contributed by atoms with Crippen LogP contribution in [-0.4, -0.2) is 11.5 Å². The van der Waals surface area contributed by atoms with Crippen LogP contribution in [0.4, 0.5) is 0 Å². The third kappa shape index (κ3) is 4.32. The summed E-state index contributed by atoms with van der Waals surface area (Å²) in [6, 6.07) is 4.13. The Morgan fingerprint density at radius 3 is 3.05 bits per heavy atom. The van der Waals surface area contributed by atoms with Crippen molar-refractivity contribution in [2.45, 2.75) is 26.2 Å². The van der Waals surface area contributed by atoms with Crippen molar-refractivity contribution in [1.82, 2.24) is 4.98 Å². The van der Waals surface area contributed by atoms with Crippen molar-refractivity contribution < 1.29 is 0 Å². The molecule has 0 fully saturated rings. The molecule has 0 bridgehead atoms. The van der Waals surface area contributed by atoms with Crippen LogP contribution in [0, 0.1) is 0 Å². The fourth-order valence-corrected chi connectivity index (χ4v) is 2.34. The molecule has 2 rings (SSSR count). The minimum absolute atomic E-state index is 0.595. The maximum absolute atomic E-state index is 5.49. The molecular formula is C18H22N2. The van der Waals surface area contributed by atoms with E-state index in [1.54, 1.807) is 0 Å². The second-order valence-electron chi connectivity index (χ2n) is 5.05. The van der Waals surface area contributed by atoms with Crippen LogP contribution in [0.5, 0.6) is 0 Å². The second-order valence-corrected chi connectivity index (χ2v) is 5.05. The summed E-state index contributed by atoms with van der Waals surface area (Å²) >= 11 is 0. The topological polar surface area (TPSA) is 38.9 Å². The molecular weight excluding hydrogens is 244 g/mol. The molecule has 20 heavy (non-hydrogen) atoms. The van der Waals surface area contributed by atoms with Crippen LogP contribution in [0.3, 0.4) is 0 Å². The Morgan fingerprint density at radius 2 is 2.30 bits per heavy atom. The van der Waals surface area contributed by atoms with E-state index in [1.165, 1.54) is 28.7 Å². The third-order valence-corrected chi connectivity index (χ3v) is 3.41. The van der Waals surface area contributed by atoms with Gasteiger partial charge in [0.05, 0.1) is 0 Å². The van der Waals surface area contributed by atoms with Crippen molar-refractivity contribution in [3.05, 3.63) is 71.6 Å². The van der Waals surface area contributed by atoms with E-state index in [-0.39, 0.29) is 0 Å². The van der Waals surface area contributed by atoms with E-state index < -0.39 is 0 Å². The highest BCUT2D eigenvalue weighted by molar-refractivity contribution is 5.68. The van der Waals surface area contributed by atoms with Crippen LogP contribution in [-0.2, 0) is 0 Å². The first-order valence-electron chi connectivity index (χ1n) is 7.14. The summed E-state index contributed by atoms with van der Waals surface area (Å²) in [7, 11) is 0. The summed E-state index contributed by atoms with van der Waals surface area (Å²) in [4.78, 5) is 4.20. The summed E-state index contributed by atoms with van der Waals surface area (Å²) in [6.45, 7) is 2.66. The smallest absolute Gasteiger partial charge is 0.0343 e. The number of pyridine rings is 1. The Morgan fingerprint density at radius 1 is 1.40 bits per heavy atom. The maximum Gasteiger partial charge on any atom is 0.0343 e. The molecule has 0 radical (unpaired) electrons. The molecule has 0 aliphatic heterocycles. The zero-order chi connectivity index (χ0) is 14.2. The molecule has 1 aromatic rings. The molecule has 0 saturated heterocycles. The fraction of sp³-hybridized carbons (Fsp3) is 0.278. The Kier molecular flexibility index (Phi) is 5.51. The monoisotopic (exact) mass is 266 g/mol. The molecule has 0 atom stereocenters. The fourth-order valence-electron chi connectivity index (χ4n) is 2.34. The molecule has 2 nitrogen and oxygen atoms in total. The highest BCUT2D eigenvalue weighted by Gasteiger charge is 2.08. The Balaban J connectivity index is 2.11. The van der Waals surface area contributed by atoms with Gasteiger partial charge in [0.15, 0.2) is 0 Å². The third-order valence-electron chi connectivity index (χ3n) is 3.41. The van der Waals surface area contributed by atoms with Crippen LogP contribution in [0.1, 0.15) is 31.7 Å². The second kappa shape index (κ2) is 7.61. The standard InChI is InChI=1S/C18H22N2/c1-15(10-11-19)5-2-6-16-7-3-8-17(13-16)18-9-4-12-20-14-18/h2,4-6,9-10,12-14H,3,7-8,11,19H2,1H3/b5-2+,15-10+,16-6+. The average molecular weight is 266 g/mol. The first-order valence-corrected chi connectivity index (χ1v) is 7.14. The predicted octanol–water partition coefficient (Wildman–Crippen LogP) is 4.04. The summed E-state index contributed by atoms with van der Waals surface area (Å²) in [6.07, 6.45) is 18.0. The quantitative estimate of drug-likeness (QED) is 0.835. The molecule has 0 aromatic carbocycles. The number of nitrogens with zero attached hydrogens (tertiary/aromatic N) is 1. The van der Waals surface area contributed by atoms with E-state index in [2.05, 4.69) is 42.3 Å². The van der Waals surface area contributed by atoms with Gasteiger partial charge in [-0.3, -0.25) is 4.98 Å². The number of aromatic nitrogens is 1. The molecule has 0 amide bonds. The Hall–Kier alpha value is -1.93. The van der Waals surface area contributed by atoms with E-state index in [9.17, 15) is 0 Å². The van der Waals surface area contributed by atoms with E-state index in [0.29, 0.717) is 6.54 Å². The van der Waals surface area contributed by atoms with Gasteiger partial charge in [-0.1, -0.05) is 42.0 Å². The first kappa shape index (κ1) is 14.5. The normalized spacial score (nSPS) is 18.6. The highest BCUT2D eigenvalue weighted by Crippen LogP contribution is 2.29. The van der Waals surface area contributed by atoms with Crippen molar-refractivity contribution >= 4 is 5.57 Å². The molecule has 1 heterocycles. The molecule has 1 aliphatic rings. The molecule has 104 valence electrons. The van der Waals surface area contributed by atoms with Crippen molar-refractivity contribution in [2.24, 2.45) is 5.73 Å². The molecule has 0 spiro atoms. The zero-order valence-electron chi connectivity index (χ0n) is 12.0. The van der Waals surface area contributed by atoms with Gasteiger partial charge in [-0.05, 0) is 49.0 Å². The minimum Gasteiger partial charge on any atom is -0.327 e. The summed E-state index contributed by atoms with van der Waals surface area (Å²) in [5.41, 5.74) is 10.7. The molecule has 2 heteroatoms. The lowest BCUT2D eigenvalue weighted by Gasteiger charge is -2.14. The van der Waals surface area contributed by atoms with E-state index in [4.69, 9.17) is 5.73 Å². The van der Waals surface area contributed by atoms with Gasteiger partial charge in [0.2, 0.25) is 0 Å². The van der Waals surface area contributed by atoms with E-state index in [1.807, 2.05) is 24.5 Å². The van der Waals surface area contributed by atoms with Gasteiger partial charge in [-0.2, -0.15) is 0 Å². The van der Waals surface area contributed by atoms with E-state index in [0.717, 1.165) is 12.8 Å². The van der Waals surface area contributed by atoms with E-state index >= 15 is 0 Å². The van der Waals surface area contributed by atoms with Gasteiger partial charge in [-0.25, -0.2) is 0 Å². The SMILES string of the molecule is CC(/C=C/C=C1/C=C(c2cccnc2)CCC1)=C\CN. The first-order chi connectivity index (χ1) is 9.79. The molecule has 2 N–H and O–H groups in total. The van der Waals surface area contributed by atoms with Gasteiger partial charge in [-0.15, -0.1) is 0 Å². The summed E-state index contributed by atoms with van der Waals surface area (Å²) in [5, 5.41) is 0. The lowest BCUT2D eigenvalue weighted by atomic mass is 9.91. The van der Waals surface area contributed by atoms with Gasteiger partial charge < -0.3 is 5.73 Å². The van der Waals surface area contributed by atoms with Crippen LogP contribution in [0.15, 0.2) is 66.1 Å². The van der Waals surface area contributed by atoms with Crippen LogP contribution >= 0.6 is 0 Å². The average Bonchev–Trinajstić information content (AvgIpc) is 2.49. The number of hydrogen-bond donors (Lipinski definition) is 1. The van der Waals surface area contributed by atoms with Crippen molar-refractivity contribution in [1.29, 1.82) is 0 Å². The minimum atomic E-state index is 0.595. The van der Waals surface area contributed by atoms with Gasteiger partial charge in [0, 0.05) is 18.9 Å². The maximum atomic E-state index is 5.49. The molecule has 0 unspecified atom stereocenters. The van der Waals surface area contributed by atoms with Gasteiger partial charge in [0.1, 0.15) is 0 Å². The summed E-state index contributed by atoms with van der Waals surface area (Å²) in [5.74, 6) is 0. The molecule has 0 saturated carbocycles. The Bertz CT molecular complexity index is 548. The van der Waals surface area contributed by atoms with Gasteiger partial charge in [0.25, 0.3) is 0 Å². The van der Waals surface area contributed by atoms with Gasteiger partial charge >= 0.3 is 0 Å².